The van der Waals surface area contributed by atoms with Gasteiger partial charge in [-0.05, 0) is 93.7 Å². The summed E-state index contributed by atoms with van der Waals surface area (Å²) < 4.78 is 27.8. The first-order chi connectivity index (χ1) is 15.2. The molecule has 1 nitrogen and oxygen atoms in total. The SMILES string of the molecule is Fc1ccc(F)c([C@@H]2CCc3c(ccc4c3ccc3ccccc34)C2)c1.c1cc[nH]c1. The van der Waals surface area contributed by atoms with Gasteiger partial charge in [0.1, 0.15) is 11.6 Å². The van der Waals surface area contributed by atoms with E-state index in [9.17, 15) is 8.78 Å². The number of hydrogen-bond acceptors (Lipinski definition) is 0. The maximum absolute atomic E-state index is 14.2. The van der Waals surface area contributed by atoms with Crippen molar-refractivity contribution in [2.75, 3.05) is 0 Å². The summed E-state index contributed by atoms with van der Waals surface area (Å²) >= 11 is 0. The summed E-state index contributed by atoms with van der Waals surface area (Å²) in [5.74, 6) is -0.625. The molecule has 1 heterocycles. The van der Waals surface area contributed by atoms with Crippen LogP contribution < -0.4 is 0 Å². The molecule has 0 radical (unpaired) electrons. The predicted octanol–water partition coefficient (Wildman–Crippen LogP) is 7.56. The highest BCUT2D eigenvalue weighted by Gasteiger charge is 2.24. The van der Waals surface area contributed by atoms with Crippen molar-refractivity contribution in [2.45, 2.75) is 25.2 Å². The van der Waals surface area contributed by atoms with Crippen LogP contribution in [0, 0.1) is 11.6 Å². The Morgan fingerprint density at radius 3 is 2.35 bits per heavy atom. The van der Waals surface area contributed by atoms with E-state index in [0.29, 0.717) is 5.56 Å². The van der Waals surface area contributed by atoms with Gasteiger partial charge in [-0.1, -0.05) is 48.5 Å². The molecule has 0 saturated heterocycles. The molecule has 1 aliphatic rings. The lowest BCUT2D eigenvalue weighted by atomic mass is 9.78. The number of halogens is 2. The summed E-state index contributed by atoms with van der Waals surface area (Å²) in [6, 6.07) is 24.9. The van der Waals surface area contributed by atoms with Gasteiger partial charge in [0.15, 0.2) is 0 Å². The van der Waals surface area contributed by atoms with Crippen LogP contribution in [0.15, 0.2) is 91.3 Å². The Bertz CT molecular complexity index is 1320. The maximum atomic E-state index is 14.2. The fourth-order valence-electron chi connectivity index (χ4n) is 4.74. The fourth-order valence-corrected chi connectivity index (χ4v) is 4.74. The van der Waals surface area contributed by atoms with E-state index in [1.165, 1.54) is 50.9 Å². The third-order valence-electron chi connectivity index (χ3n) is 6.24. The Morgan fingerprint density at radius 2 is 1.55 bits per heavy atom. The molecule has 154 valence electrons. The van der Waals surface area contributed by atoms with Crippen molar-refractivity contribution in [1.82, 2.24) is 4.98 Å². The number of aryl methyl sites for hydroxylation is 1. The third kappa shape index (κ3) is 3.84. The van der Waals surface area contributed by atoms with E-state index in [4.69, 9.17) is 0 Å². The molecule has 1 atom stereocenters. The normalized spacial score (nSPS) is 15.4. The van der Waals surface area contributed by atoms with Gasteiger partial charge >= 0.3 is 0 Å². The van der Waals surface area contributed by atoms with E-state index >= 15 is 0 Å². The second-order valence-electron chi connectivity index (χ2n) is 8.08. The Hall–Kier alpha value is -3.46. The standard InChI is InChI=1S/C24H18F2.C4H5N/c25-18-8-12-24(26)23(14-18)17-6-9-20-16(13-17)7-11-21-19-4-2-1-3-15(19)5-10-22(20)21;1-2-4-5-3-1/h1-5,7-8,10-12,14,17H,6,9,13H2;1-5H/t17-;/m1./s1. The van der Waals surface area contributed by atoms with E-state index in [-0.39, 0.29) is 17.6 Å². The van der Waals surface area contributed by atoms with Gasteiger partial charge in [-0.15, -0.1) is 0 Å². The highest BCUT2D eigenvalue weighted by molar-refractivity contribution is 6.08. The zero-order valence-electron chi connectivity index (χ0n) is 17.1. The van der Waals surface area contributed by atoms with Crippen molar-refractivity contribution in [3.8, 4) is 0 Å². The highest BCUT2D eigenvalue weighted by atomic mass is 19.1. The number of rotatable bonds is 1. The van der Waals surface area contributed by atoms with Crippen LogP contribution >= 0.6 is 0 Å². The lowest BCUT2D eigenvalue weighted by molar-refractivity contribution is 0.525. The number of nitrogens with one attached hydrogen (secondary N) is 1. The second-order valence-corrected chi connectivity index (χ2v) is 8.08. The minimum atomic E-state index is -0.364. The number of fused-ring (bicyclic) bond motifs is 5. The summed E-state index contributed by atoms with van der Waals surface area (Å²) in [7, 11) is 0. The van der Waals surface area contributed by atoms with Gasteiger partial charge in [-0.2, -0.15) is 0 Å². The van der Waals surface area contributed by atoms with Crippen molar-refractivity contribution in [3.05, 3.63) is 120 Å². The summed E-state index contributed by atoms with van der Waals surface area (Å²) in [5, 5.41) is 5.08. The van der Waals surface area contributed by atoms with Gasteiger partial charge in [0.2, 0.25) is 0 Å². The van der Waals surface area contributed by atoms with Crippen LogP contribution in [0.4, 0.5) is 8.78 Å². The minimum absolute atomic E-state index is 0.0381. The molecule has 31 heavy (non-hydrogen) atoms. The molecule has 6 rings (SSSR count). The van der Waals surface area contributed by atoms with Crippen LogP contribution in [0.1, 0.15) is 29.0 Å². The number of aromatic amines is 1. The summed E-state index contributed by atoms with van der Waals surface area (Å²) in [6.45, 7) is 0. The first kappa shape index (κ1) is 19.5. The second kappa shape index (κ2) is 8.35. The zero-order chi connectivity index (χ0) is 21.2. The van der Waals surface area contributed by atoms with Gasteiger partial charge in [0.05, 0.1) is 0 Å². The molecule has 0 fully saturated rings. The van der Waals surface area contributed by atoms with Gasteiger partial charge in [-0.3, -0.25) is 0 Å². The lowest BCUT2D eigenvalue weighted by Crippen LogP contribution is -2.14. The Kier molecular flexibility index (Phi) is 5.25. The van der Waals surface area contributed by atoms with E-state index in [1.807, 2.05) is 24.5 Å². The van der Waals surface area contributed by atoms with Crippen molar-refractivity contribution in [1.29, 1.82) is 0 Å². The molecular weight excluding hydrogens is 388 g/mol. The average Bonchev–Trinajstić information content (AvgIpc) is 3.40. The molecule has 0 bridgehead atoms. The molecule has 0 amide bonds. The quantitative estimate of drug-likeness (QED) is 0.274. The number of hydrogen-bond donors (Lipinski definition) is 1. The molecule has 5 aromatic rings. The van der Waals surface area contributed by atoms with E-state index < -0.39 is 0 Å². The summed E-state index contributed by atoms with van der Waals surface area (Å²) in [5.41, 5.74) is 3.13. The van der Waals surface area contributed by atoms with E-state index in [1.54, 1.807) is 0 Å². The number of H-pyrrole nitrogens is 1. The van der Waals surface area contributed by atoms with E-state index in [2.05, 4.69) is 53.5 Å². The molecule has 1 aliphatic carbocycles. The molecule has 3 heteroatoms. The van der Waals surface area contributed by atoms with Crippen LogP contribution in [-0.4, -0.2) is 4.98 Å². The molecule has 1 N–H and O–H groups in total. The van der Waals surface area contributed by atoms with Gasteiger partial charge in [0, 0.05) is 12.4 Å². The molecule has 4 aromatic carbocycles. The largest absolute Gasteiger partial charge is 0.368 e. The van der Waals surface area contributed by atoms with E-state index in [0.717, 1.165) is 19.3 Å². The molecular formula is C28H23F2N. The third-order valence-corrected chi connectivity index (χ3v) is 6.24. The van der Waals surface area contributed by atoms with Crippen LogP contribution in [-0.2, 0) is 12.8 Å². The molecule has 0 saturated carbocycles. The van der Waals surface area contributed by atoms with Crippen molar-refractivity contribution >= 4 is 21.5 Å². The monoisotopic (exact) mass is 411 g/mol. The minimum Gasteiger partial charge on any atom is -0.368 e. The fraction of sp³-hybridized carbons (Fsp3) is 0.143. The Labute approximate surface area is 180 Å². The summed E-state index contributed by atoms with van der Waals surface area (Å²) in [4.78, 5) is 2.86. The van der Waals surface area contributed by atoms with Crippen LogP contribution in [0.3, 0.4) is 0 Å². The van der Waals surface area contributed by atoms with Gasteiger partial charge in [0.25, 0.3) is 0 Å². The molecule has 1 aromatic heterocycles. The summed E-state index contributed by atoms with van der Waals surface area (Å²) in [6.07, 6.45) is 6.25. The molecule has 0 spiro atoms. The first-order valence-corrected chi connectivity index (χ1v) is 10.7. The molecule has 0 aliphatic heterocycles. The maximum Gasteiger partial charge on any atom is 0.126 e. The number of aromatic nitrogens is 1. The Balaban J connectivity index is 0.000000361. The average molecular weight is 411 g/mol. The lowest BCUT2D eigenvalue weighted by Gasteiger charge is -2.27. The van der Waals surface area contributed by atoms with Crippen LogP contribution in [0.5, 0.6) is 0 Å². The Morgan fingerprint density at radius 1 is 0.742 bits per heavy atom. The smallest absolute Gasteiger partial charge is 0.126 e. The first-order valence-electron chi connectivity index (χ1n) is 10.7. The zero-order valence-corrected chi connectivity index (χ0v) is 17.1. The van der Waals surface area contributed by atoms with Crippen molar-refractivity contribution in [3.63, 3.8) is 0 Å². The topological polar surface area (TPSA) is 15.8 Å². The van der Waals surface area contributed by atoms with Crippen molar-refractivity contribution in [2.24, 2.45) is 0 Å². The number of benzene rings is 4. The van der Waals surface area contributed by atoms with Crippen molar-refractivity contribution < 1.29 is 8.78 Å². The van der Waals surface area contributed by atoms with Crippen LogP contribution in [0.25, 0.3) is 21.5 Å². The van der Waals surface area contributed by atoms with Crippen LogP contribution in [0.2, 0.25) is 0 Å². The predicted molar refractivity (Wildman–Crippen MR) is 123 cm³/mol. The van der Waals surface area contributed by atoms with Gasteiger partial charge < -0.3 is 4.98 Å². The highest BCUT2D eigenvalue weighted by Crippen LogP contribution is 2.38. The molecule has 0 unspecified atom stereocenters. The van der Waals surface area contributed by atoms with Gasteiger partial charge in [-0.25, -0.2) is 8.78 Å².